The van der Waals surface area contributed by atoms with E-state index in [1.165, 1.54) is 33.0 Å². The summed E-state index contributed by atoms with van der Waals surface area (Å²) in [6.07, 6.45) is 2.27. The molecule has 0 aromatic heterocycles. The van der Waals surface area contributed by atoms with Crippen LogP contribution in [0.5, 0.6) is 0 Å². The Morgan fingerprint density at radius 1 is 0.737 bits per heavy atom. The molecule has 3 aromatic rings. The van der Waals surface area contributed by atoms with E-state index in [9.17, 15) is 0 Å². The molecule has 0 fully saturated rings. The van der Waals surface area contributed by atoms with E-state index in [1.54, 1.807) is 0 Å². The highest BCUT2D eigenvalue weighted by Gasteiger charge is 2.16. The van der Waals surface area contributed by atoms with Gasteiger partial charge in [0.15, 0.2) is 0 Å². The predicted molar refractivity (Wildman–Crippen MR) is 81.8 cm³/mol. The second-order valence-electron chi connectivity index (χ2n) is 4.93. The van der Waals surface area contributed by atoms with Crippen LogP contribution in [0.2, 0.25) is 0 Å². The summed E-state index contributed by atoms with van der Waals surface area (Å²) >= 11 is 0. The van der Waals surface area contributed by atoms with Gasteiger partial charge in [-0.25, -0.2) is 0 Å². The fraction of sp³-hybridized carbons (Fsp3) is 0. The van der Waals surface area contributed by atoms with E-state index in [1.807, 2.05) is 12.1 Å². The van der Waals surface area contributed by atoms with Gasteiger partial charge in [0.25, 0.3) is 0 Å². The summed E-state index contributed by atoms with van der Waals surface area (Å²) < 4.78 is 0. The van der Waals surface area contributed by atoms with Crippen LogP contribution in [0.25, 0.3) is 22.4 Å². The van der Waals surface area contributed by atoms with Crippen LogP contribution in [-0.2, 0) is 0 Å². The van der Waals surface area contributed by atoms with Gasteiger partial charge >= 0.3 is 0 Å². The van der Waals surface area contributed by atoms with Crippen LogP contribution in [0.4, 0.5) is 5.69 Å². The van der Waals surface area contributed by atoms with Crippen LogP contribution in [0.3, 0.4) is 0 Å². The minimum absolute atomic E-state index is 0.804. The average molecular weight is 243 g/mol. The molecule has 0 bridgehead atoms. The lowest BCUT2D eigenvalue weighted by Crippen LogP contribution is -1.87. The molecule has 1 aliphatic carbocycles. The minimum atomic E-state index is 0.804. The van der Waals surface area contributed by atoms with Crippen molar-refractivity contribution in [3.05, 3.63) is 77.4 Å². The molecule has 1 nitrogen and oxygen atoms in total. The highest BCUT2D eigenvalue weighted by Crippen LogP contribution is 2.39. The van der Waals surface area contributed by atoms with Gasteiger partial charge in [-0.05, 0) is 51.2 Å². The maximum absolute atomic E-state index is 5.77. The van der Waals surface area contributed by atoms with Gasteiger partial charge in [-0.3, -0.25) is 0 Å². The molecule has 0 spiro atoms. The second-order valence-corrected chi connectivity index (χ2v) is 4.93. The zero-order valence-electron chi connectivity index (χ0n) is 10.4. The van der Waals surface area contributed by atoms with Crippen molar-refractivity contribution in [3.8, 4) is 0 Å². The molecule has 0 saturated heterocycles. The zero-order chi connectivity index (χ0) is 12.8. The molecule has 0 saturated carbocycles. The van der Waals surface area contributed by atoms with Crippen molar-refractivity contribution >= 4 is 28.1 Å². The Morgan fingerprint density at radius 2 is 1.47 bits per heavy atom. The molecule has 0 radical (unpaired) electrons. The average Bonchev–Trinajstić information content (AvgIpc) is 2.82. The molecule has 0 heterocycles. The summed E-state index contributed by atoms with van der Waals surface area (Å²) in [5.41, 5.74) is 11.7. The highest BCUT2D eigenvalue weighted by atomic mass is 14.5. The molecule has 0 atom stereocenters. The molecule has 0 amide bonds. The topological polar surface area (TPSA) is 26.0 Å². The number of hydrogen-bond acceptors (Lipinski definition) is 1. The van der Waals surface area contributed by atoms with E-state index in [2.05, 4.69) is 54.6 Å². The Kier molecular flexibility index (Phi) is 2.04. The summed E-state index contributed by atoms with van der Waals surface area (Å²) in [6, 6.07) is 21.0. The van der Waals surface area contributed by atoms with Gasteiger partial charge in [0.2, 0.25) is 0 Å². The number of hydrogen-bond donors (Lipinski definition) is 1. The predicted octanol–water partition coefficient (Wildman–Crippen LogP) is 4.32. The third-order valence-electron chi connectivity index (χ3n) is 3.75. The number of nitrogens with two attached hydrogens (primary N) is 1. The Balaban J connectivity index is 1.99. The lowest BCUT2D eigenvalue weighted by Gasteiger charge is -2.06. The summed E-state index contributed by atoms with van der Waals surface area (Å²) in [4.78, 5) is 0. The fourth-order valence-corrected chi connectivity index (χ4v) is 2.85. The first-order valence-corrected chi connectivity index (χ1v) is 6.43. The summed E-state index contributed by atoms with van der Waals surface area (Å²) in [5, 5.41) is 2.66. The standard InChI is InChI=1S/C18H13N/c19-15-9-7-12(8-10-15)17-11-14-5-1-3-13-4-2-6-16(17)18(13)14/h1-11H,19H2. The monoisotopic (exact) mass is 243 g/mol. The molecule has 0 aliphatic heterocycles. The van der Waals surface area contributed by atoms with Crippen LogP contribution in [-0.4, -0.2) is 0 Å². The molecule has 1 aliphatic rings. The van der Waals surface area contributed by atoms with Crippen LogP contribution < -0.4 is 5.73 Å². The van der Waals surface area contributed by atoms with Crippen molar-refractivity contribution in [1.29, 1.82) is 0 Å². The summed E-state index contributed by atoms with van der Waals surface area (Å²) in [6.45, 7) is 0. The first-order chi connectivity index (χ1) is 9.33. The molecule has 2 N–H and O–H groups in total. The molecule has 3 aromatic carbocycles. The van der Waals surface area contributed by atoms with E-state index in [4.69, 9.17) is 5.73 Å². The van der Waals surface area contributed by atoms with Crippen molar-refractivity contribution in [3.63, 3.8) is 0 Å². The molecule has 19 heavy (non-hydrogen) atoms. The van der Waals surface area contributed by atoms with Crippen LogP contribution in [0.15, 0.2) is 60.7 Å². The number of benzene rings is 3. The molecule has 1 heteroatoms. The fourth-order valence-electron chi connectivity index (χ4n) is 2.85. The highest BCUT2D eigenvalue weighted by molar-refractivity contribution is 6.12. The van der Waals surface area contributed by atoms with E-state index in [0.717, 1.165) is 5.69 Å². The van der Waals surface area contributed by atoms with Crippen molar-refractivity contribution in [2.75, 3.05) is 5.73 Å². The van der Waals surface area contributed by atoms with Gasteiger partial charge < -0.3 is 5.73 Å². The van der Waals surface area contributed by atoms with Gasteiger partial charge in [-0.15, -0.1) is 0 Å². The molecule has 4 rings (SSSR count). The Morgan fingerprint density at radius 3 is 2.26 bits per heavy atom. The first-order valence-electron chi connectivity index (χ1n) is 6.43. The van der Waals surface area contributed by atoms with Crippen molar-refractivity contribution in [2.45, 2.75) is 0 Å². The lowest BCUT2D eigenvalue weighted by molar-refractivity contribution is 1.60. The van der Waals surface area contributed by atoms with Gasteiger partial charge in [0.05, 0.1) is 0 Å². The van der Waals surface area contributed by atoms with Crippen molar-refractivity contribution in [1.82, 2.24) is 0 Å². The second kappa shape index (κ2) is 3.72. The van der Waals surface area contributed by atoms with E-state index >= 15 is 0 Å². The third kappa shape index (κ3) is 1.48. The van der Waals surface area contributed by atoms with Crippen molar-refractivity contribution < 1.29 is 0 Å². The maximum Gasteiger partial charge on any atom is 0.0314 e. The number of rotatable bonds is 1. The Hall–Kier alpha value is -2.54. The SMILES string of the molecule is Nc1ccc(C2=Cc3cccc4cccc2c34)cc1. The van der Waals surface area contributed by atoms with Gasteiger partial charge in [0, 0.05) is 5.69 Å². The normalized spacial score (nSPS) is 12.7. The van der Waals surface area contributed by atoms with Crippen LogP contribution in [0, 0.1) is 0 Å². The van der Waals surface area contributed by atoms with Crippen molar-refractivity contribution in [2.24, 2.45) is 0 Å². The van der Waals surface area contributed by atoms with E-state index in [-0.39, 0.29) is 0 Å². The first kappa shape index (κ1) is 10.4. The Labute approximate surface area is 112 Å². The van der Waals surface area contributed by atoms with E-state index < -0.39 is 0 Å². The Bertz CT molecular complexity index is 805. The summed E-state index contributed by atoms with van der Waals surface area (Å²) in [7, 11) is 0. The van der Waals surface area contributed by atoms with E-state index in [0.29, 0.717) is 0 Å². The van der Waals surface area contributed by atoms with Gasteiger partial charge in [-0.2, -0.15) is 0 Å². The summed E-state index contributed by atoms with van der Waals surface area (Å²) in [5.74, 6) is 0. The zero-order valence-corrected chi connectivity index (χ0v) is 10.4. The lowest BCUT2D eigenvalue weighted by atomic mass is 9.98. The third-order valence-corrected chi connectivity index (χ3v) is 3.75. The molecule has 90 valence electrons. The quantitative estimate of drug-likeness (QED) is 0.495. The minimum Gasteiger partial charge on any atom is -0.399 e. The largest absolute Gasteiger partial charge is 0.399 e. The van der Waals surface area contributed by atoms with Gasteiger partial charge in [0.1, 0.15) is 0 Å². The van der Waals surface area contributed by atoms with Gasteiger partial charge in [-0.1, -0.05) is 48.5 Å². The number of nitrogen functional groups attached to an aromatic ring is 1. The molecular formula is C18H13N. The van der Waals surface area contributed by atoms with Crippen LogP contribution >= 0.6 is 0 Å². The molecule has 0 unspecified atom stereocenters. The maximum atomic E-state index is 5.77. The van der Waals surface area contributed by atoms with Crippen LogP contribution in [0.1, 0.15) is 16.7 Å². The smallest absolute Gasteiger partial charge is 0.0314 e. The molecular weight excluding hydrogens is 230 g/mol. The number of anilines is 1.